The fraction of sp³-hybridized carbons (Fsp3) is 0.318. The van der Waals surface area contributed by atoms with Crippen molar-refractivity contribution in [3.8, 4) is 5.75 Å². The summed E-state index contributed by atoms with van der Waals surface area (Å²) in [4.78, 5) is 28.8. The van der Waals surface area contributed by atoms with E-state index in [1.165, 1.54) is 12.1 Å². The molecule has 2 heterocycles. The van der Waals surface area contributed by atoms with Crippen molar-refractivity contribution in [2.24, 2.45) is 0 Å². The van der Waals surface area contributed by atoms with Crippen LogP contribution in [0.15, 0.2) is 48.5 Å². The van der Waals surface area contributed by atoms with E-state index in [0.717, 1.165) is 23.0 Å². The fourth-order valence-electron chi connectivity index (χ4n) is 3.43. The minimum absolute atomic E-state index is 0.112. The molecule has 3 aromatic rings. The van der Waals surface area contributed by atoms with Gasteiger partial charge in [-0.05, 0) is 24.1 Å². The van der Waals surface area contributed by atoms with Gasteiger partial charge in [0.1, 0.15) is 5.75 Å². The number of alkyl halides is 3. The molecule has 0 aliphatic carbocycles. The van der Waals surface area contributed by atoms with E-state index in [4.69, 9.17) is 4.74 Å². The van der Waals surface area contributed by atoms with Gasteiger partial charge in [-0.1, -0.05) is 41.7 Å². The molecule has 1 aliphatic rings. The van der Waals surface area contributed by atoms with E-state index in [-0.39, 0.29) is 29.4 Å². The maximum atomic E-state index is 12.4. The van der Waals surface area contributed by atoms with Crippen molar-refractivity contribution in [1.82, 2.24) is 15.6 Å². The Balaban J connectivity index is 1.22. The van der Waals surface area contributed by atoms with Gasteiger partial charge in [-0.25, -0.2) is 4.98 Å². The Labute approximate surface area is 196 Å². The van der Waals surface area contributed by atoms with E-state index in [1.54, 1.807) is 0 Å². The second-order valence-electron chi connectivity index (χ2n) is 7.58. The molecule has 0 unspecified atom stereocenters. The van der Waals surface area contributed by atoms with Gasteiger partial charge in [-0.3, -0.25) is 9.59 Å². The highest BCUT2D eigenvalue weighted by molar-refractivity contribution is 7.22. The zero-order valence-corrected chi connectivity index (χ0v) is 18.5. The summed E-state index contributed by atoms with van der Waals surface area (Å²) in [5, 5.41) is 8.39. The molecule has 34 heavy (non-hydrogen) atoms. The first-order valence-electron chi connectivity index (χ1n) is 10.4. The minimum atomic E-state index is -4.80. The number of thiazole rings is 1. The van der Waals surface area contributed by atoms with Gasteiger partial charge in [0.25, 0.3) is 0 Å². The smallest absolute Gasteiger partial charge is 0.406 e. The number of hydrogen-bond acceptors (Lipinski definition) is 7. The summed E-state index contributed by atoms with van der Waals surface area (Å²) in [5.74, 6) is -1.20. The largest absolute Gasteiger partial charge is 0.573 e. The number of hydrogen-bond donors (Lipinski definition) is 3. The van der Waals surface area contributed by atoms with Gasteiger partial charge in [-0.15, -0.1) is 13.2 Å². The molecule has 180 valence electrons. The van der Waals surface area contributed by atoms with Gasteiger partial charge < -0.3 is 25.4 Å². The quantitative estimate of drug-likeness (QED) is 0.445. The van der Waals surface area contributed by atoms with Gasteiger partial charge >= 0.3 is 6.36 Å². The van der Waals surface area contributed by atoms with Crippen LogP contribution in [0.25, 0.3) is 10.2 Å². The van der Waals surface area contributed by atoms with Gasteiger partial charge in [-0.2, -0.15) is 0 Å². The lowest BCUT2D eigenvalue weighted by molar-refractivity contribution is -0.274. The second kappa shape index (κ2) is 10.4. The Kier molecular flexibility index (Phi) is 7.29. The fourth-order valence-corrected chi connectivity index (χ4v) is 4.34. The molecule has 4 rings (SSSR count). The van der Waals surface area contributed by atoms with Gasteiger partial charge in [0.05, 0.1) is 35.5 Å². The number of nitrogens with zero attached hydrogens (tertiary/aromatic N) is 1. The van der Waals surface area contributed by atoms with Crippen LogP contribution in [0, 0.1) is 0 Å². The summed E-state index contributed by atoms with van der Waals surface area (Å²) in [6, 6.07) is 13.0. The molecule has 0 bridgehead atoms. The molecule has 2 amide bonds. The summed E-state index contributed by atoms with van der Waals surface area (Å²) in [7, 11) is 0. The first kappa shape index (κ1) is 23.9. The summed E-state index contributed by atoms with van der Waals surface area (Å²) in [5.41, 5.74) is 1.46. The molecule has 8 nitrogen and oxygen atoms in total. The molecular weight excluding hydrogens is 473 g/mol. The van der Waals surface area contributed by atoms with E-state index in [9.17, 15) is 22.8 Å². The lowest BCUT2D eigenvalue weighted by Crippen LogP contribution is -2.43. The van der Waals surface area contributed by atoms with Crippen LogP contribution in [-0.4, -0.2) is 48.4 Å². The van der Waals surface area contributed by atoms with Crippen LogP contribution in [-0.2, 0) is 20.9 Å². The average Bonchev–Trinajstić information content (AvgIpc) is 3.42. The second-order valence-corrected chi connectivity index (χ2v) is 8.61. The number of ether oxygens (including phenoxy) is 2. The van der Waals surface area contributed by atoms with Crippen LogP contribution >= 0.6 is 11.3 Å². The molecule has 0 radical (unpaired) electrons. The Bertz CT molecular complexity index is 1160. The monoisotopic (exact) mass is 494 g/mol. The maximum absolute atomic E-state index is 12.4. The highest BCUT2D eigenvalue weighted by Gasteiger charge is 2.31. The van der Waals surface area contributed by atoms with E-state index in [0.29, 0.717) is 29.8 Å². The third kappa shape index (κ3) is 6.65. The first-order valence-corrected chi connectivity index (χ1v) is 11.2. The number of rotatable bonds is 8. The van der Waals surface area contributed by atoms with Crippen molar-refractivity contribution in [2.45, 2.75) is 31.5 Å². The zero-order valence-electron chi connectivity index (χ0n) is 17.7. The number of amides is 2. The maximum Gasteiger partial charge on any atom is 0.573 e. The minimum Gasteiger partial charge on any atom is -0.406 e. The Morgan fingerprint density at radius 1 is 1.18 bits per heavy atom. The Morgan fingerprint density at radius 3 is 2.74 bits per heavy atom. The number of anilines is 1. The van der Waals surface area contributed by atoms with Crippen molar-refractivity contribution in [1.29, 1.82) is 0 Å². The van der Waals surface area contributed by atoms with Crippen LogP contribution in [0.3, 0.4) is 0 Å². The summed E-state index contributed by atoms with van der Waals surface area (Å²) >= 11 is 0.997. The number of nitrogens with one attached hydrogen (secondary N) is 3. The molecule has 12 heteroatoms. The van der Waals surface area contributed by atoms with Crippen molar-refractivity contribution >= 4 is 38.5 Å². The highest BCUT2D eigenvalue weighted by atomic mass is 32.1. The van der Waals surface area contributed by atoms with Crippen molar-refractivity contribution in [3.63, 3.8) is 0 Å². The van der Waals surface area contributed by atoms with Gasteiger partial charge in [0.2, 0.25) is 11.8 Å². The Hall–Kier alpha value is -3.22. The van der Waals surface area contributed by atoms with E-state index < -0.39 is 18.3 Å². The molecule has 3 N–H and O–H groups in total. The summed E-state index contributed by atoms with van der Waals surface area (Å²) in [6.07, 6.45) is -4.42. The molecule has 0 saturated carbocycles. The molecule has 2 atom stereocenters. The molecule has 1 fully saturated rings. The molecule has 1 saturated heterocycles. The number of benzene rings is 2. The predicted molar refractivity (Wildman–Crippen MR) is 119 cm³/mol. The average molecular weight is 494 g/mol. The number of fused-ring (bicyclic) bond motifs is 1. The summed E-state index contributed by atoms with van der Waals surface area (Å²) < 4.78 is 47.3. The normalized spacial score (nSPS) is 18.1. The number of halogens is 3. The predicted octanol–water partition coefficient (Wildman–Crippen LogP) is 3.20. The van der Waals surface area contributed by atoms with Gasteiger partial charge in [0, 0.05) is 12.6 Å². The van der Waals surface area contributed by atoms with Crippen LogP contribution in [0.2, 0.25) is 0 Å². The molecular formula is C22H21F3N4O4S. The molecule has 2 aromatic carbocycles. The van der Waals surface area contributed by atoms with Crippen LogP contribution in [0.5, 0.6) is 5.75 Å². The number of aromatic nitrogens is 1. The topological polar surface area (TPSA) is 102 Å². The van der Waals surface area contributed by atoms with Crippen LogP contribution < -0.4 is 20.7 Å². The lowest BCUT2D eigenvalue weighted by Gasteiger charge is -2.12. The highest BCUT2D eigenvalue weighted by Crippen LogP contribution is 2.31. The van der Waals surface area contributed by atoms with Crippen molar-refractivity contribution in [2.75, 3.05) is 18.4 Å². The number of carbonyl (C=O) groups excluding carboxylic acids is 2. The first-order chi connectivity index (χ1) is 16.2. The van der Waals surface area contributed by atoms with Gasteiger partial charge in [0.15, 0.2) is 5.13 Å². The Morgan fingerprint density at radius 2 is 1.97 bits per heavy atom. The SMILES string of the molecule is O=C(CNC(=O)[C@@H]1C[C@@H](OCc2ccccc2)CN1)Nc1nc2ccc(OC(F)(F)F)cc2s1. The van der Waals surface area contributed by atoms with Crippen LogP contribution in [0.1, 0.15) is 12.0 Å². The number of carbonyl (C=O) groups is 2. The van der Waals surface area contributed by atoms with E-state index in [2.05, 4.69) is 25.7 Å². The molecule has 0 spiro atoms. The third-order valence-electron chi connectivity index (χ3n) is 5.00. The zero-order chi connectivity index (χ0) is 24.1. The van der Waals surface area contributed by atoms with Crippen molar-refractivity contribution in [3.05, 3.63) is 54.1 Å². The molecule has 1 aromatic heterocycles. The third-order valence-corrected chi connectivity index (χ3v) is 5.93. The lowest BCUT2D eigenvalue weighted by atomic mass is 10.2. The van der Waals surface area contributed by atoms with E-state index >= 15 is 0 Å². The van der Waals surface area contributed by atoms with Crippen LogP contribution in [0.4, 0.5) is 18.3 Å². The summed E-state index contributed by atoms with van der Waals surface area (Å²) in [6.45, 7) is 0.712. The van der Waals surface area contributed by atoms with Crippen molar-refractivity contribution < 1.29 is 32.2 Å². The van der Waals surface area contributed by atoms with E-state index in [1.807, 2.05) is 30.3 Å². The standard InChI is InChI=1S/C22H21F3N4O4S/c23-22(24,25)33-14-6-7-16-18(9-14)34-21(28-16)29-19(30)11-27-20(31)17-8-15(10-26-17)32-12-13-4-2-1-3-5-13/h1-7,9,15,17,26H,8,10-12H2,(H,27,31)(H,28,29,30)/t15-,17+/m1/s1. The molecule has 1 aliphatic heterocycles.